The molecule has 1 aromatic rings. The second-order valence-corrected chi connectivity index (χ2v) is 8.15. The standard InChI is InChI=1S/C21H29NO5/c1-5-25-19(23)17-13-26-18-12-15(6-7-16(17)18)14-8-10-22(11-9-14)20(24)27-21(2,3)4/h6-7,12,14,17H,5,8-11,13H2,1-4H3. The first-order chi connectivity index (χ1) is 12.8. The summed E-state index contributed by atoms with van der Waals surface area (Å²) in [4.78, 5) is 26.0. The van der Waals surface area contributed by atoms with Crippen molar-refractivity contribution in [2.45, 2.75) is 58.0 Å². The number of amides is 1. The molecule has 1 atom stereocenters. The van der Waals surface area contributed by atoms with Crippen molar-refractivity contribution in [1.82, 2.24) is 4.90 Å². The number of hydrogen-bond donors (Lipinski definition) is 0. The highest BCUT2D eigenvalue weighted by molar-refractivity contribution is 5.80. The molecule has 2 aliphatic rings. The molecule has 6 heteroatoms. The van der Waals surface area contributed by atoms with Gasteiger partial charge in [0, 0.05) is 18.7 Å². The lowest BCUT2D eigenvalue weighted by Crippen LogP contribution is -2.41. The Balaban J connectivity index is 1.61. The number of fused-ring (bicyclic) bond motifs is 1. The van der Waals surface area contributed by atoms with Crippen molar-refractivity contribution < 1.29 is 23.8 Å². The van der Waals surface area contributed by atoms with Gasteiger partial charge in [-0.2, -0.15) is 0 Å². The molecule has 2 aliphatic heterocycles. The lowest BCUT2D eigenvalue weighted by Gasteiger charge is -2.33. The smallest absolute Gasteiger partial charge is 0.410 e. The fraction of sp³-hybridized carbons (Fsp3) is 0.619. The van der Waals surface area contributed by atoms with Crippen molar-refractivity contribution in [3.63, 3.8) is 0 Å². The zero-order chi connectivity index (χ0) is 19.6. The third-order valence-electron chi connectivity index (χ3n) is 5.01. The predicted octanol–water partition coefficient (Wildman–Crippen LogP) is 3.84. The van der Waals surface area contributed by atoms with Crippen molar-refractivity contribution in [2.75, 3.05) is 26.3 Å². The number of ether oxygens (including phenoxy) is 3. The molecule has 0 spiro atoms. The molecule has 27 heavy (non-hydrogen) atoms. The molecule has 0 saturated carbocycles. The summed E-state index contributed by atoms with van der Waals surface area (Å²) in [7, 11) is 0. The van der Waals surface area contributed by atoms with Crippen LogP contribution >= 0.6 is 0 Å². The number of carbonyl (C=O) groups excluding carboxylic acids is 2. The Bertz CT molecular complexity index is 701. The molecule has 1 aromatic carbocycles. The number of hydrogen-bond acceptors (Lipinski definition) is 5. The highest BCUT2D eigenvalue weighted by atomic mass is 16.6. The average Bonchev–Trinajstić information content (AvgIpc) is 3.04. The van der Waals surface area contributed by atoms with Gasteiger partial charge in [-0.25, -0.2) is 4.79 Å². The van der Waals surface area contributed by atoms with Crippen LogP contribution in [-0.4, -0.2) is 48.9 Å². The van der Waals surface area contributed by atoms with Crippen LogP contribution in [0.1, 0.15) is 63.5 Å². The van der Waals surface area contributed by atoms with E-state index in [1.54, 1.807) is 11.8 Å². The van der Waals surface area contributed by atoms with Crippen LogP contribution in [0.3, 0.4) is 0 Å². The Hall–Kier alpha value is -2.24. The van der Waals surface area contributed by atoms with E-state index in [1.165, 1.54) is 5.56 Å². The fourth-order valence-electron chi connectivity index (χ4n) is 3.64. The van der Waals surface area contributed by atoms with Gasteiger partial charge >= 0.3 is 12.1 Å². The Labute approximate surface area is 160 Å². The first kappa shape index (κ1) is 19.5. The molecule has 1 fully saturated rings. The summed E-state index contributed by atoms with van der Waals surface area (Å²) in [5.41, 5.74) is 1.63. The summed E-state index contributed by atoms with van der Waals surface area (Å²) < 4.78 is 16.3. The van der Waals surface area contributed by atoms with Crippen LogP contribution in [0, 0.1) is 0 Å². The molecule has 0 aromatic heterocycles. The van der Waals surface area contributed by atoms with Crippen LogP contribution in [0.4, 0.5) is 4.79 Å². The minimum absolute atomic E-state index is 0.227. The largest absolute Gasteiger partial charge is 0.492 e. The van der Waals surface area contributed by atoms with Gasteiger partial charge < -0.3 is 19.1 Å². The van der Waals surface area contributed by atoms with Gasteiger partial charge in [0.1, 0.15) is 23.9 Å². The van der Waals surface area contributed by atoms with Gasteiger partial charge in [0.05, 0.1) is 6.61 Å². The third kappa shape index (κ3) is 4.54. The Morgan fingerprint density at radius 2 is 1.93 bits per heavy atom. The van der Waals surface area contributed by atoms with Gasteiger partial charge in [0.25, 0.3) is 0 Å². The summed E-state index contributed by atoms with van der Waals surface area (Å²) >= 11 is 0. The summed E-state index contributed by atoms with van der Waals surface area (Å²) in [6.07, 6.45) is 1.54. The van der Waals surface area contributed by atoms with Gasteiger partial charge in [-0.05, 0) is 58.1 Å². The first-order valence-electron chi connectivity index (χ1n) is 9.69. The maximum Gasteiger partial charge on any atom is 0.410 e. The van der Waals surface area contributed by atoms with Gasteiger partial charge in [-0.15, -0.1) is 0 Å². The molecular formula is C21H29NO5. The minimum atomic E-state index is -0.472. The van der Waals surface area contributed by atoms with Gasteiger partial charge in [0.15, 0.2) is 0 Å². The van der Waals surface area contributed by atoms with Crippen LogP contribution in [0.15, 0.2) is 18.2 Å². The maximum atomic E-state index is 12.2. The summed E-state index contributed by atoms with van der Waals surface area (Å²) in [5.74, 6) is 0.594. The molecule has 0 radical (unpaired) electrons. The molecule has 0 N–H and O–H groups in total. The second-order valence-electron chi connectivity index (χ2n) is 8.15. The quantitative estimate of drug-likeness (QED) is 0.751. The Morgan fingerprint density at radius 3 is 2.56 bits per heavy atom. The third-order valence-corrected chi connectivity index (χ3v) is 5.01. The van der Waals surface area contributed by atoms with E-state index in [2.05, 4.69) is 6.07 Å². The Morgan fingerprint density at radius 1 is 1.22 bits per heavy atom. The Kier molecular flexibility index (Phi) is 5.63. The van der Waals surface area contributed by atoms with E-state index < -0.39 is 5.60 Å². The van der Waals surface area contributed by atoms with Crippen LogP contribution in [0.2, 0.25) is 0 Å². The van der Waals surface area contributed by atoms with Crippen molar-refractivity contribution >= 4 is 12.1 Å². The van der Waals surface area contributed by atoms with Crippen LogP contribution in [-0.2, 0) is 14.3 Å². The van der Waals surface area contributed by atoms with Crippen LogP contribution < -0.4 is 4.74 Å². The van der Waals surface area contributed by atoms with Gasteiger partial charge in [-0.1, -0.05) is 12.1 Å². The van der Waals surface area contributed by atoms with Gasteiger partial charge in [0.2, 0.25) is 0 Å². The molecular weight excluding hydrogens is 346 g/mol. The molecule has 1 saturated heterocycles. The lowest BCUT2D eigenvalue weighted by molar-refractivity contribution is -0.145. The summed E-state index contributed by atoms with van der Waals surface area (Å²) in [6, 6.07) is 6.11. The molecule has 1 unspecified atom stereocenters. The number of benzene rings is 1. The number of likely N-dealkylation sites (tertiary alicyclic amines) is 1. The zero-order valence-electron chi connectivity index (χ0n) is 16.6. The summed E-state index contributed by atoms with van der Waals surface area (Å²) in [5, 5.41) is 0. The van der Waals surface area contributed by atoms with E-state index in [9.17, 15) is 9.59 Å². The number of esters is 1. The van der Waals surface area contributed by atoms with Crippen LogP contribution in [0.5, 0.6) is 5.75 Å². The van der Waals surface area contributed by atoms with Crippen molar-refractivity contribution in [1.29, 1.82) is 0 Å². The topological polar surface area (TPSA) is 65.1 Å². The normalized spacial score (nSPS) is 20.0. The molecule has 0 bridgehead atoms. The monoisotopic (exact) mass is 375 g/mol. The predicted molar refractivity (Wildman–Crippen MR) is 101 cm³/mol. The van der Waals surface area contributed by atoms with E-state index in [0.29, 0.717) is 32.2 Å². The van der Waals surface area contributed by atoms with Crippen LogP contribution in [0.25, 0.3) is 0 Å². The number of nitrogens with zero attached hydrogens (tertiary/aromatic N) is 1. The van der Waals surface area contributed by atoms with E-state index in [0.717, 1.165) is 24.2 Å². The molecule has 1 amide bonds. The second kappa shape index (κ2) is 7.79. The zero-order valence-corrected chi connectivity index (χ0v) is 16.6. The molecule has 2 heterocycles. The number of carbonyl (C=O) groups is 2. The highest BCUT2D eigenvalue weighted by Crippen LogP contribution is 2.38. The first-order valence-corrected chi connectivity index (χ1v) is 9.69. The van der Waals surface area contributed by atoms with E-state index in [4.69, 9.17) is 14.2 Å². The lowest BCUT2D eigenvalue weighted by atomic mass is 9.88. The molecule has 0 aliphatic carbocycles. The maximum absolute atomic E-state index is 12.2. The van der Waals surface area contributed by atoms with E-state index >= 15 is 0 Å². The number of rotatable bonds is 3. The minimum Gasteiger partial charge on any atom is -0.492 e. The van der Waals surface area contributed by atoms with Crippen molar-refractivity contribution in [2.24, 2.45) is 0 Å². The highest BCUT2D eigenvalue weighted by Gasteiger charge is 2.33. The fourth-order valence-corrected chi connectivity index (χ4v) is 3.64. The van der Waals surface area contributed by atoms with Gasteiger partial charge in [-0.3, -0.25) is 4.79 Å². The molecule has 3 rings (SSSR count). The van der Waals surface area contributed by atoms with E-state index in [1.807, 2.05) is 32.9 Å². The number of piperidine rings is 1. The molecule has 148 valence electrons. The average molecular weight is 375 g/mol. The SMILES string of the molecule is CCOC(=O)C1COc2cc(C3CCN(C(=O)OC(C)(C)C)CC3)ccc21. The molecule has 6 nitrogen and oxygen atoms in total. The van der Waals surface area contributed by atoms with E-state index in [-0.39, 0.29) is 18.0 Å². The van der Waals surface area contributed by atoms with Crippen molar-refractivity contribution in [3.8, 4) is 5.75 Å². The van der Waals surface area contributed by atoms with Crippen molar-refractivity contribution in [3.05, 3.63) is 29.3 Å². The summed E-state index contributed by atoms with van der Waals surface area (Å²) in [6.45, 7) is 9.53.